The molecule has 0 spiro atoms. The highest BCUT2D eigenvalue weighted by atomic mass is 35.5. The van der Waals surface area contributed by atoms with Crippen LogP contribution in [-0.4, -0.2) is 21.3 Å². The molecule has 27 heavy (non-hydrogen) atoms. The molecule has 8 heteroatoms. The van der Waals surface area contributed by atoms with Crippen LogP contribution in [0.15, 0.2) is 59.4 Å². The summed E-state index contributed by atoms with van der Waals surface area (Å²) in [6, 6.07) is 13.6. The summed E-state index contributed by atoms with van der Waals surface area (Å²) in [6.07, 6.45) is 3.10. The number of H-pyrrole nitrogens is 1. The highest BCUT2D eigenvalue weighted by Crippen LogP contribution is 2.22. The molecule has 0 saturated carbocycles. The van der Waals surface area contributed by atoms with Gasteiger partial charge in [0, 0.05) is 10.0 Å². The molecule has 3 rings (SSSR count). The topological polar surface area (TPSA) is 67.2 Å². The third-order valence-electron chi connectivity index (χ3n) is 3.65. The van der Waals surface area contributed by atoms with E-state index in [2.05, 4.69) is 4.98 Å². The molecule has 0 saturated heterocycles. The first-order chi connectivity index (χ1) is 13.0. The van der Waals surface area contributed by atoms with Gasteiger partial charge in [0.25, 0.3) is 5.56 Å². The number of aromatic hydroxyl groups is 1. The zero-order valence-corrected chi connectivity index (χ0v) is 16.2. The van der Waals surface area contributed by atoms with Gasteiger partial charge in [0.1, 0.15) is 17.9 Å². The predicted octanol–water partition coefficient (Wildman–Crippen LogP) is 5.00. The van der Waals surface area contributed by atoms with Crippen LogP contribution in [0.1, 0.15) is 5.56 Å². The minimum Gasteiger partial charge on any atom is -0.494 e. The number of ether oxygens (including phenoxy) is 1. The fourth-order valence-electron chi connectivity index (χ4n) is 2.36. The fourth-order valence-corrected chi connectivity index (χ4v) is 2.90. The molecule has 0 fully saturated rings. The van der Waals surface area contributed by atoms with Crippen LogP contribution in [0.2, 0.25) is 10.0 Å². The van der Waals surface area contributed by atoms with Crippen LogP contribution in [0.5, 0.6) is 11.6 Å². The van der Waals surface area contributed by atoms with Gasteiger partial charge >= 0.3 is 0 Å². The molecule has 1 heterocycles. The van der Waals surface area contributed by atoms with E-state index in [1.54, 1.807) is 54.6 Å². The molecule has 2 aromatic carbocycles. The molecule has 0 bridgehead atoms. The molecule has 0 atom stereocenters. The van der Waals surface area contributed by atoms with E-state index < -0.39 is 5.56 Å². The Kier molecular flexibility index (Phi) is 6.01. The number of aromatic nitrogens is 2. The van der Waals surface area contributed by atoms with E-state index in [0.717, 1.165) is 0 Å². The van der Waals surface area contributed by atoms with Crippen molar-refractivity contribution in [1.82, 2.24) is 9.55 Å². The van der Waals surface area contributed by atoms with Crippen molar-refractivity contribution in [1.29, 1.82) is 0 Å². The molecular formula is C19H14Cl2N2O3S. The van der Waals surface area contributed by atoms with Crippen molar-refractivity contribution in [2.75, 3.05) is 6.61 Å². The van der Waals surface area contributed by atoms with Crippen LogP contribution in [0.25, 0.3) is 11.8 Å². The Morgan fingerprint density at radius 2 is 1.67 bits per heavy atom. The van der Waals surface area contributed by atoms with Crippen LogP contribution < -0.4 is 10.3 Å². The summed E-state index contributed by atoms with van der Waals surface area (Å²) in [5, 5.41) is 11.7. The van der Waals surface area contributed by atoms with Gasteiger partial charge in [-0.2, -0.15) is 0 Å². The maximum atomic E-state index is 12.2. The molecule has 2 N–H and O–H groups in total. The van der Waals surface area contributed by atoms with E-state index in [1.807, 2.05) is 0 Å². The van der Waals surface area contributed by atoms with Gasteiger partial charge < -0.3 is 9.84 Å². The molecule has 0 aliphatic heterocycles. The largest absolute Gasteiger partial charge is 0.494 e. The third-order valence-corrected chi connectivity index (χ3v) is 4.44. The van der Waals surface area contributed by atoms with Crippen LogP contribution in [-0.2, 0) is 0 Å². The summed E-state index contributed by atoms with van der Waals surface area (Å²) in [5.74, 6) is 0.369. The second kappa shape index (κ2) is 8.43. The SMILES string of the molecule is O=c1[nH]c(=S)n(-c2ccc(Cl)cc2)c(O)c1C=CCOc1ccc(Cl)cc1. The van der Waals surface area contributed by atoms with Gasteiger partial charge in [-0.1, -0.05) is 23.2 Å². The first kappa shape index (κ1) is 19.2. The average molecular weight is 421 g/mol. The summed E-state index contributed by atoms with van der Waals surface area (Å²) in [4.78, 5) is 14.7. The van der Waals surface area contributed by atoms with Gasteiger partial charge in [-0.15, -0.1) is 0 Å². The normalized spacial score (nSPS) is 11.0. The quantitative estimate of drug-likeness (QED) is 0.569. The number of hydrogen-bond donors (Lipinski definition) is 2. The van der Waals surface area contributed by atoms with Crippen molar-refractivity contribution in [3.63, 3.8) is 0 Å². The van der Waals surface area contributed by atoms with Gasteiger partial charge in [-0.3, -0.25) is 14.3 Å². The lowest BCUT2D eigenvalue weighted by molar-refractivity contribution is 0.363. The Morgan fingerprint density at radius 1 is 1.07 bits per heavy atom. The van der Waals surface area contributed by atoms with Gasteiger partial charge in [0.2, 0.25) is 5.88 Å². The molecular weight excluding hydrogens is 407 g/mol. The van der Waals surface area contributed by atoms with Crippen LogP contribution in [0.3, 0.4) is 0 Å². The van der Waals surface area contributed by atoms with Crippen LogP contribution >= 0.6 is 35.4 Å². The second-order valence-electron chi connectivity index (χ2n) is 5.48. The van der Waals surface area contributed by atoms with Crippen molar-refractivity contribution < 1.29 is 9.84 Å². The molecule has 0 unspecified atom stereocenters. The maximum absolute atomic E-state index is 12.2. The second-order valence-corrected chi connectivity index (χ2v) is 6.74. The Balaban J connectivity index is 1.85. The van der Waals surface area contributed by atoms with E-state index >= 15 is 0 Å². The summed E-state index contributed by atoms with van der Waals surface area (Å²) in [7, 11) is 0. The smallest absolute Gasteiger partial charge is 0.262 e. The number of hydrogen-bond acceptors (Lipinski definition) is 4. The van der Waals surface area contributed by atoms with Crippen molar-refractivity contribution in [3.8, 4) is 17.3 Å². The van der Waals surface area contributed by atoms with Crippen molar-refractivity contribution in [3.05, 3.63) is 85.3 Å². The van der Waals surface area contributed by atoms with E-state index in [9.17, 15) is 9.90 Å². The van der Waals surface area contributed by atoms with E-state index in [4.69, 9.17) is 40.2 Å². The summed E-state index contributed by atoms with van der Waals surface area (Å²) >= 11 is 16.9. The van der Waals surface area contributed by atoms with Crippen LogP contribution in [0, 0.1) is 4.77 Å². The first-order valence-electron chi connectivity index (χ1n) is 7.85. The minimum atomic E-state index is -0.495. The Morgan fingerprint density at radius 3 is 2.30 bits per heavy atom. The monoisotopic (exact) mass is 420 g/mol. The number of halogens is 2. The molecule has 0 radical (unpaired) electrons. The van der Waals surface area contributed by atoms with Gasteiger partial charge in [-0.25, -0.2) is 0 Å². The lowest BCUT2D eigenvalue weighted by atomic mass is 10.2. The molecule has 0 aliphatic rings. The highest BCUT2D eigenvalue weighted by Gasteiger charge is 2.11. The molecule has 1 aromatic heterocycles. The Bertz CT molecular complexity index is 1090. The molecule has 3 aromatic rings. The number of benzene rings is 2. The number of nitrogens with zero attached hydrogens (tertiary/aromatic N) is 1. The first-order valence-corrected chi connectivity index (χ1v) is 9.01. The van der Waals surface area contributed by atoms with Gasteiger partial charge in [0.05, 0.1) is 5.69 Å². The average Bonchev–Trinajstić information content (AvgIpc) is 2.64. The van der Waals surface area contributed by atoms with E-state index in [-0.39, 0.29) is 22.8 Å². The van der Waals surface area contributed by atoms with Crippen LogP contribution in [0.4, 0.5) is 0 Å². The summed E-state index contributed by atoms with van der Waals surface area (Å²) in [6.45, 7) is 0.205. The van der Waals surface area contributed by atoms with Crippen molar-refractivity contribution >= 4 is 41.5 Å². The van der Waals surface area contributed by atoms with E-state index in [0.29, 0.717) is 21.5 Å². The Labute approximate surface area is 170 Å². The van der Waals surface area contributed by atoms with Crippen molar-refractivity contribution in [2.45, 2.75) is 0 Å². The number of nitrogens with one attached hydrogen (secondary N) is 1. The Hall–Kier alpha value is -2.54. The fraction of sp³-hybridized carbons (Fsp3) is 0.0526. The lowest BCUT2D eigenvalue weighted by Gasteiger charge is -2.11. The maximum Gasteiger partial charge on any atom is 0.262 e. The molecule has 138 valence electrons. The highest BCUT2D eigenvalue weighted by molar-refractivity contribution is 7.71. The third kappa shape index (κ3) is 4.60. The molecule has 5 nitrogen and oxygen atoms in total. The number of aromatic amines is 1. The minimum absolute atomic E-state index is 0.0678. The number of rotatable bonds is 5. The molecule has 0 amide bonds. The standard InChI is InChI=1S/C19H14Cl2N2O3S/c20-12-3-7-14(8-4-12)23-18(25)16(17(24)22-19(23)27)2-1-11-26-15-9-5-13(21)6-10-15/h1-10,25H,11H2,(H,22,24,27). The summed E-state index contributed by atoms with van der Waals surface area (Å²) in [5.41, 5.74) is 0.147. The predicted molar refractivity (Wildman–Crippen MR) is 110 cm³/mol. The van der Waals surface area contributed by atoms with E-state index in [1.165, 1.54) is 10.6 Å². The van der Waals surface area contributed by atoms with Gasteiger partial charge in [-0.05, 0) is 72.9 Å². The van der Waals surface area contributed by atoms with Gasteiger partial charge in [0.15, 0.2) is 4.77 Å². The zero-order chi connectivity index (χ0) is 19.4. The van der Waals surface area contributed by atoms with Crippen molar-refractivity contribution in [2.24, 2.45) is 0 Å². The summed E-state index contributed by atoms with van der Waals surface area (Å²) < 4.78 is 6.96. The zero-order valence-electron chi connectivity index (χ0n) is 13.9. The molecule has 0 aliphatic carbocycles. The lowest BCUT2D eigenvalue weighted by Crippen LogP contribution is -2.16.